The van der Waals surface area contributed by atoms with Crippen LogP contribution in [0.15, 0.2) is 10.2 Å². The zero-order valence-corrected chi connectivity index (χ0v) is 17.6. The Morgan fingerprint density at radius 1 is 1.08 bits per heavy atom. The van der Waals surface area contributed by atoms with Crippen molar-refractivity contribution in [3.63, 3.8) is 0 Å². The minimum Gasteiger partial charge on any atom is -0.459 e. The van der Waals surface area contributed by atoms with E-state index in [-0.39, 0.29) is 23.7 Å². The smallest absolute Gasteiger partial charge is 0.309 e. The van der Waals surface area contributed by atoms with Crippen LogP contribution in [0.25, 0.3) is 0 Å². The first-order chi connectivity index (χ1) is 12.2. The van der Waals surface area contributed by atoms with Crippen LogP contribution in [0.5, 0.6) is 0 Å². The van der Waals surface area contributed by atoms with Crippen LogP contribution in [-0.2, 0) is 14.3 Å². The van der Waals surface area contributed by atoms with Gasteiger partial charge in [0, 0.05) is 5.92 Å². The maximum atomic E-state index is 12.9. The lowest BCUT2D eigenvalue weighted by Gasteiger charge is -2.34. The fraction of sp³-hybridized carbons (Fsp3) is 0.900. The zero-order valence-electron chi connectivity index (χ0n) is 17.6. The third kappa shape index (κ3) is 7.14. The summed E-state index contributed by atoms with van der Waals surface area (Å²) in [5.74, 6) is -1.51. The summed E-state index contributed by atoms with van der Waals surface area (Å²) in [6, 6.07) is -0.284. The van der Waals surface area contributed by atoms with Gasteiger partial charge < -0.3 is 9.84 Å². The summed E-state index contributed by atoms with van der Waals surface area (Å²) in [6.07, 6.45) is 2.80. The second-order valence-corrected chi connectivity index (χ2v) is 7.25. The van der Waals surface area contributed by atoms with E-state index in [1.807, 2.05) is 13.8 Å². The average Bonchev–Trinajstić information content (AvgIpc) is 2.63. The fourth-order valence-corrected chi connectivity index (χ4v) is 2.74. The number of ether oxygens (including phenoxy) is 1. The molecule has 0 aliphatic rings. The molecule has 26 heavy (non-hydrogen) atoms. The second-order valence-electron chi connectivity index (χ2n) is 7.25. The first-order valence-corrected chi connectivity index (χ1v) is 10.0. The van der Waals surface area contributed by atoms with Crippen LogP contribution < -0.4 is 0 Å². The number of Topliss-reactive ketones (excluding diaryl/α,β-unsaturated/α-hetero) is 1. The van der Waals surface area contributed by atoms with E-state index in [9.17, 15) is 14.7 Å². The molecular formula is C20H38N2O4. The number of ketones is 1. The van der Waals surface area contributed by atoms with Crippen LogP contribution in [-0.4, -0.2) is 41.2 Å². The molecular weight excluding hydrogens is 332 g/mol. The molecule has 0 amide bonds. The summed E-state index contributed by atoms with van der Waals surface area (Å²) >= 11 is 0. The van der Waals surface area contributed by atoms with Crippen LogP contribution in [0, 0.1) is 11.8 Å². The number of nitrogens with zero attached hydrogens (tertiary/aromatic N) is 2. The maximum Gasteiger partial charge on any atom is 0.309 e. The van der Waals surface area contributed by atoms with Crippen molar-refractivity contribution in [1.29, 1.82) is 0 Å². The van der Waals surface area contributed by atoms with Crippen molar-refractivity contribution in [1.82, 2.24) is 0 Å². The molecule has 6 heteroatoms. The molecule has 0 aromatic rings. The lowest BCUT2D eigenvalue weighted by molar-refractivity contribution is -0.174. The summed E-state index contributed by atoms with van der Waals surface area (Å²) in [7, 11) is 0. The highest BCUT2D eigenvalue weighted by Crippen LogP contribution is 2.26. The van der Waals surface area contributed by atoms with Crippen molar-refractivity contribution in [2.75, 3.05) is 6.54 Å². The van der Waals surface area contributed by atoms with Crippen LogP contribution in [0.4, 0.5) is 0 Å². The van der Waals surface area contributed by atoms with E-state index in [1.165, 1.54) is 6.92 Å². The first kappa shape index (κ1) is 24.7. The molecule has 1 N–H and O–H groups in total. The highest BCUT2D eigenvalue weighted by Gasteiger charge is 2.44. The monoisotopic (exact) mass is 370 g/mol. The Hall–Kier alpha value is -1.30. The van der Waals surface area contributed by atoms with E-state index in [2.05, 4.69) is 17.2 Å². The number of hydrogen-bond donors (Lipinski definition) is 1. The topological polar surface area (TPSA) is 88.3 Å². The van der Waals surface area contributed by atoms with Gasteiger partial charge in [0.15, 0.2) is 11.4 Å². The molecule has 0 fully saturated rings. The highest BCUT2D eigenvalue weighted by atomic mass is 16.6. The number of azo groups is 1. The van der Waals surface area contributed by atoms with Gasteiger partial charge in [-0.05, 0) is 32.6 Å². The van der Waals surface area contributed by atoms with Gasteiger partial charge in [0.25, 0.3) is 0 Å². The van der Waals surface area contributed by atoms with E-state index in [4.69, 9.17) is 4.74 Å². The number of esters is 1. The predicted molar refractivity (Wildman–Crippen MR) is 103 cm³/mol. The second kappa shape index (κ2) is 12.2. The molecule has 5 unspecified atom stereocenters. The van der Waals surface area contributed by atoms with E-state index in [0.717, 1.165) is 12.8 Å². The van der Waals surface area contributed by atoms with Crippen LogP contribution in [0.3, 0.4) is 0 Å². The predicted octanol–water partition coefficient (Wildman–Crippen LogP) is 4.34. The molecule has 0 aliphatic heterocycles. The zero-order chi connectivity index (χ0) is 20.3. The molecule has 0 aliphatic carbocycles. The summed E-state index contributed by atoms with van der Waals surface area (Å²) < 4.78 is 5.45. The lowest BCUT2D eigenvalue weighted by Crippen LogP contribution is -2.52. The summed E-state index contributed by atoms with van der Waals surface area (Å²) in [4.78, 5) is 25.0. The summed E-state index contributed by atoms with van der Waals surface area (Å²) in [5.41, 5.74) is -1.75. The molecule has 0 radical (unpaired) electrons. The standard InChI is InChI=1S/C20H38N2O4/c1-8-12-13-21-22-16(10-3)15(6)18(23)20(7,25)17(11-4)26-19(24)14(5)9-2/h14-17,25H,8-13H2,1-7H3. The third-order valence-corrected chi connectivity index (χ3v) is 5.02. The van der Waals surface area contributed by atoms with E-state index in [0.29, 0.717) is 25.8 Å². The normalized spacial score (nSPS) is 18.8. The van der Waals surface area contributed by atoms with Gasteiger partial charge in [-0.1, -0.05) is 48.0 Å². The van der Waals surface area contributed by atoms with E-state index in [1.54, 1.807) is 20.8 Å². The van der Waals surface area contributed by atoms with Crippen molar-refractivity contribution in [3.8, 4) is 0 Å². The number of hydrogen-bond acceptors (Lipinski definition) is 6. The van der Waals surface area contributed by atoms with Crippen molar-refractivity contribution in [2.45, 2.75) is 98.3 Å². The summed E-state index contributed by atoms with van der Waals surface area (Å²) in [5, 5.41) is 19.3. The van der Waals surface area contributed by atoms with Crippen LogP contribution >= 0.6 is 0 Å². The molecule has 0 heterocycles. The number of carbonyl (C=O) groups is 2. The fourth-order valence-electron chi connectivity index (χ4n) is 2.74. The minimum atomic E-state index is -1.75. The highest BCUT2D eigenvalue weighted by molar-refractivity contribution is 5.90. The minimum absolute atomic E-state index is 0.261. The number of rotatable bonds is 13. The number of unbranched alkanes of at least 4 members (excludes halogenated alkanes) is 1. The van der Waals surface area contributed by atoms with E-state index < -0.39 is 17.6 Å². The Bertz CT molecular complexity index is 463. The number of carbonyl (C=O) groups excluding carboxylic acids is 2. The molecule has 0 aromatic heterocycles. The molecule has 0 saturated carbocycles. The van der Waals surface area contributed by atoms with Gasteiger partial charge in [0.05, 0.1) is 18.5 Å². The van der Waals surface area contributed by atoms with Gasteiger partial charge in [-0.3, -0.25) is 9.59 Å². The maximum absolute atomic E-state index is 12.9. The Labute approximate surface area is 158 Å². The Morgan fingerprint density at radius 3 is 2.15 bits per heavy atom. The SMILES string of the molecule is CCCCN=NC(CC)C(C)C(=O)C(C)(O)C(CC)OC(=O)C(C)CC. The van der Waals surface area contributed by atoms with Gasteiger partial charge in [-0.15, -0.1) is 0 Å². The Balaban J connectivity index is 5.18. The van der Waals surface area contributed by atoms with E-state index >= 15 is 0 Å². The largest absolute Gasteiger partial charge is 0.459 e. The molecule has 6 nitrogen and oxygen atoms in total. The van der Waals surface area contributed by atoms with Crippen LogP contribution in [0.2, 0.25) is 0 Å². The molecule has 0 aromatic carbocycles. The van der Waals surface area contributed by atoms with Crippen molar-refractivity contribution >= 4 is 11.8 Å². The van der Waals surface area contributed by atoms with Gasteiger partial charge in [0.2, 0.25) is 0 Å². The molecule has 0 rings (SSSR count). The average molecular weight is 371 g/mol. The van der Waals surface area contributed by atoms with Gasteiger partial charge in [-0.25, -0.2) is 0 Å². The van der Waals surface area contributed by atoms with Gasteiger partial charge in [0.1, 0.15) is 6.10 Å². The molecule has 0 spiro atoms. The van der Waals surface area contributed by atoms with Crippen molar-refractivity contribution < 1.29 is 19.4 Å². The Morgan fingerprint density at radius 2 is 1.69 bits per heavy atom. The molecule has 152 valence electrons. The van der Waals surface area contributed by atoms with Crippen molar-refractivity contribution in [2.24, 2.45) is 22.1 Å². The lowest BCUT2D eigenvalue weighted by atomic mass is 9.82. The first-order valence-electron chi connectivity index (χ1n) is 10.0. The van der Waals surface area contributed by atoms with Crippen molar-refractivity contribution in [3.05, 3.63) is 0 Å². The van der Waals surface area contributed by atoms with Gasteiger partial charge in [-0.2, -0.15) is 10.2 Å². The van der Waals surface area contributed by atoms with Gasteiger partial charge >= 0.3 is 5.97 Å². The third-order valence-electron chi connectivity index (χ3n) is 5.02. The quantitative estimate of drug-likeness (QED) is 0.297. The molecule has 0 saturated heterocycles. The Kier molecular flexibility index (Phi) is 11.5. The molecule has 0 bridgehead atoms. The molecule has 5 atom stereocenters. The van der Waals surface area contributed by atoms with Crippen LogP contribution in [0.1, 0.15) is 80.6 Å². The number of aliphatic hydroxyl groups is 1. The summed E-state index contributed by atoms with van der Waals surface area (Å²) in [6.45, 7) is 13.3.